The number of fused-ring (bicyclic) bond motifs is 1. The van der Waals surface area contributed by atoms with Crippen LogP contribution in [0.3, 0.4) is 0 Å². The molecule has 0 spiro atoms. The molecule has 0 radical (unpaired) electrons. The minimum atomic E-state index is -0.985. The number of hydrogen-bond donors (Lipinski definition) is 1. The molecule has 10 heteroatoms. The summed E-state index contributed by atoms with van der Waals surface area (Å²) < 4.78 is 4.66. The third kappa shape index (κ3) is 4.45. The molecule has 9 nitrogen and oxygen atoms in total. The molecule has 1 atom stereocenters. The van der Waals surface area contributed by atoms with Gasteiger partial charge in [0.05, 0.1) is 23.3 Å². The molecule has 0 bridgehead atoms. The fourth-order valence-electron chi connectivity index (χ4n) is 3.85. The lowest BCUT2D eigenvalue weighted by atomic mass is 10.1. The Balaban J connectivity index is 1.62. The molecule has 3 heterocycles. The fourth-order valence-corrected chi connectivity index (χ4v) is 4.11. The zero-order valence-corrected chi connectivity index (χ0v) is 18.7. The Labute approximate surface area is 194 Å². The Morgan fingerprint density at radius 2 is 1.94 bits per heavy atom. The van der Waals surface area contributed by atoms with Crippen molar-refractivity contribution in [3.8, 4) is 11.3 Å². The Morgan fingerprint density at radius 3 is 2.58 bits per heavy atom. The number of halogens is 1. The number of piperazine rings is 1. The van der Waals surface area contributed by atoms with E-state index in [2.05, 4.69) is 14.7 Å². The minimum absolute atomic E-state index is 0.179. The molecule has 0 saturated carbocycles. The normalized spacial score (nSPS) is 16.0. The van der Waals surface area contributed by atoms with Crippen LogP contribution in [0.2, 0.25) is 5.02 Å². The summed E-state index contributed by atoms with van der Waals surface area (Å²) in [7, 11) is 1.29. The van der Waals surface area contributed by atoms with E-state index in [-0.39, 0.29) is 24.2 Å². The first-order valence-corrected chi connectivity index (χ1v) is 10.6. The Kier molecular flexibility index (Phi) is 6.15. The van der Waals surface area contributed by atoms with Gasteiger partial charge in [-0.15, -0.1) is 0 Å². The van der Waals surface area contributed by atoms with Crippen LogP contribution < -0.4 is 0 Å². The molecule has 2 amide bonds. The molecular formula is C23H21ClN4O5. The van der Waals surface area contributed by atoms with Crippen LogP contribution in [-0.2, 0) is 4.74 Å². The number of aromatic nitrogens is 2. The quantitative estimate of drug-likeness (QED) is 0.584. The number of hydrogen-bond acceptors (Lipinski definition) is 6. The summed E-state index contributed by atoms with van der Waals surface area (Å²) in [5.74, 6) is -0.728. The number of nitrogens with zero attached hydrogens (tertiary/aromatic N) is 4. The van der Waals surface area contributed by atoms with E-state index in [9.17, 15) is 19.5 Å². The van der Waals surface area contributed by atoms with Crippen molar-refractivity contribution in [1.82, 2.24) is 19.8 Å². The lowest BCUT2D eigenvalue weighted by Crippen LogP contribution is -2.55. The molecule has 33 heavy (non-hydrogen) atoms. The fraction of sp³-hybridized carbons (Fsp3) is 0.261. The Bertz CT molecular complexity index is 1250. The maximum absolute atomic E-state index is 13.1. The summed E-state index contributed by atoms with van der Waals surface area (Å²) in [5.41, 5.74) is 2.36. The van der Waals surface area contributed by atoms with E-state index < -0.39 is 12.1 Å². The van der Waals surface area contributed by atoms with Crippen LogP contribution in [0.15, 0.2) is 42.6 Å². The number of rotatable bonds is 3. The smallest absolute Gasteiger partial charge is 0.407 e. The van der Waals surface area contributed by atoms with Crippen LogP contribution in [0.1, 0.15) is 27.8 Å². The molecule has 1 fully saturated rings. The number of methoxy groups -OCH3 is 1. The van der Waals surface area contributed by atoms with Crippen molar-refractivity contribution in [1.29, 1.82) is 0 Å². The summed E-state index contributed by atoms with van der Waals surface area (Å²) in [6.07, 6.45) is 0.524. The van der Waals surface area contributed by atoms with Crippen LogP contribution in [0.5, 0.6) is 0 Å². The lowest BCUT2D eigenvalue weighted by molar-refractivity contribution is 0.0507. The molecule has 2 aromatic heterocycles. The van der Waals surface area contributed by atoms with Crippen molar-refractivity contribution in [2.75, 3.05) is 26.7 Å². The largest absolute Gasteiger partial charge is 0.465 e. The topological polar surface area (TPSA) is 113 Å². The van der Waals surface area contributed by atoms with E-state index in [1.54, 1.807) is 48.2 Å². The molecule has 0 aliphatic carbocycles. The van der Waals surface area contributed by atoms with E-state index in [4.69, 9.17) is 11.6 Å². The number of amides is 2. The predicted octanol–water partition coefficient (Wildman–Crippen LogP) is 3.56. The molecular weight excluding hydrogens is 448 g/mol. The first-order valence-electron chi connectivity index (χ1n) is 10.2. The van der Waals surface area contributed by atoms with Gasteiger partial charge in [-0.1, -0.05) is 17.7 Å². The SMILES string of the molecule is COC(=O)c1ccc(-c2cc(Cl)c3ccc(C(=O)N4CCN(C(=O)O)[C@H](C)C4)cc3n2)cn1. The third-order valence-corrected chi connectivity index (χ3v) is 5.93. The second-order valence-electron chi connectivity index (χ2n) is 7.72. The van der Waals surface area contributed by atoms with Crippen molar-refractivity contribution < 1.29 is 24.2 Å². The van der Waals surface area contributed by atoms with Crippen molar-refractivity contribution in [2.24, 2.45) is 0 Å². The second kappa shape index (κ2) is 9.03. The molecule has 170 valence electrons. The number of ether oxygens (including phenoxy) is 1. The Morgan fingerprint density at radius 1 is 1.15 bits per heavy atom. The molecule has 1 aliphatic heterocycles. The monoisotopic (exact) mass is 468 g/mol. The van der Waals surface area contributed by atoms with Gasteiger partial charge in [-0.3, -0.25) is 4.79 Å². The van der Waals surface area contributed by atoms with Gasteiger partial charge in [0.2, 0.25) is 0 Å². The highest BCUT2D eigenvalue weighted by molar-refractivity contribution is 6.35. The van der Waals surface area contributed by atoms with Crippen LogP contribution in [0.25, 0.3) is 22.2 Å². The summed E-state index contributed by atoms with van der Waals surface area (Å²) in [6.45, 7) is 2.68. The highest BCUT2D eigenvalue weighted by atomic mass is 35.5. The van der Waals surface area contributed by atoms with Gasteiger partial charge in [0.1, 0.15) is 5.69 Å². The second-order valence-corrected chi connectivity index (χ2v) is 8.13. The Hall–Kier alpha value is -3.72. The molecule has 0 unspecified atom stereocenters. The average Bonchev–Trinajstić information content (AvgIpc) is 2.82. The maximum Gasteiger partial charge on any atom is 0.407 e. The summed E-state index contributed by atoms with van der Waals surface area (Å²) in [6, 6.07) is 9.77. The highest BCUT2D eigenvalue weighted by Gasteiger charge is 2.30. The van der Waals surface area contributed by atoms with Gasteiger partial charge in [0.25, 0.3) is 5.91 Å². The highest BCUT2D eigenvalue weighted by Crippen LogP contribution is 2.29. The summed E-state index contributed by atoms with van der Waals surface area (Å²) in [5, 5.41) is 10.4. The standard InChI is InChI=1S/C23H21ClN4O5/c1-13-12-27(7-8-28(13)23(31)32)21(29)14-3-5-16-17(24)10-19(26-20(16)9-14)15-4-6-18(25-11-15)22(30)33-2/h3-6,9-11,13H,7-8,12H2,1-2H3,(H,31,32)/t13-/m1/s1. The van der Waals surface area contributed by atoms with E-state index >= 15 is 0 Å². The molecule has 1 saturated heterocycles. The van der Waals surface area contributed by atoms with Crippen molar-refractivity contribution >= 4 is 40.5 Å². The lowest BCUT2D eigenvalue weighted by Gasteiger charge is -2.38. The maximum atomic E-state index is 13.1. The molecule has 1 aromatic carbocycles. The van der Waals surface area contributed by atoms with Gasteiger partial charge in [0.15, 0.2) is 0 Å². The van der Waals surface area contributed by atoms with E-state index in [0.29, 0.717) is 45.8 Å². The van der Waals surface area contributed by atoms with Gasteiger partial charge in [-0.25, -0.2) is 19.6 Å². The number of esters is 1. The zero-order valence-electron chi connectivity index (χ0n) is 18.0. The zero-order chi connectivity index (χ0) is 23.7. The van der Waals surface area contributed by atoms with Gasteiger partial charge < -0.3 is 19.6 Å². The van der Waals surface area contributed by atoms with Crippen LogP contribution in [0, 0.1) is 0 Å². The number of benzene rings is 1. The summed E-state index contributed by atoms with van der Waals surface area (Å²) in [4.78, 5) is 47.7. The van der Waals surface area contributed by atoms with E-state index in [1.165, 1.54) is 18.2 Å². The third-order valence-electron chi connectivity index (χ3n) is 5.62. The van der Waals surface area contributed by atoms with Gasteiger partial charge in [0, 0.05) is 48.4 Å². The van der Waals surface area contributed by atoms with Gasteiger partial charge in [-0.05, 0) is 37.3 Å². The van der Waals surface area contributed by atoms with E-state index in [1.807, 2.05) is 0 Å². The first-order chi connectivity index (χ1) is 15.8. The predicted molar refractivity (Wildman–Crippen MR) is 121 cm³/mol. The molecule has 3 aromatic rings. The van der Waals surface area contributed by atoms with Crippen molar-refractivity contribution in [2.45, 2.75) is 13.0 Å². The minimum Gasteiger partial charge on any atom is -0.465 e. The van der Waals surface area contributed by atoms with Gasteiger partial charge >= 0.3 is 12.1 Å². The average molecular weight is 469 g/mol. The molecule has 1 N–H and O–H groups in total. The first kappa shape index (κ1) is 22.5. The number of carbonyl (C=O) groups is 3. The van der Waals surface area contributed by atoms with E-state index in [0.717, 1.165) is 0 Å². The van der Waals surface area contributed by atoms with Crippen LogP contribution in [-0.4, -0.2) is 75.6 Å². The van der Waals surface area contributed by atoms with Crippen molar-refractivity contribution in [3.63, 3.8) is 0 Å². The van der Waals surface area contributed by atoms with Gasteiger partial charge in [-0.2, -0.15) is 0 Å². The number of carbonyl (C=O) groups excluding carboxylic acids is 2. The molecule has 1 aliphatic rings. The summed E-state index contributed by atoms with van der Waals surface area (Å²) >= 11 is 6.47. The number of pyridine rings is 2. The number of carboxylic acid groups (broad SMARTS) is 1. The van der Waals surface area contributed by atoms with Crippen molar-refractivity contribution in [3.05, 3.63) is 58.9 Å². The molecule has 4 rings (SSSR count). The van der Waals surface area contributed by atoms with Crippen LogP contribution >= 0.6 is 11.6 Å². The van der Waals surface area contributed by atoms with Crippen LogP contribution in [0.4, 0.5) is 4.79 Å².